The van der Waals surface area contributed by atoms with Crippen molar-refractivity contribution >= 4 is 41.0 Å². The number of benzene rings is 2. The van der Waals surface area contributed by atoms with Gasteiger partial charge < -0.3 is 35.4 Å². The number of esters is 1. The predicted octanol–water partition coefficient (Wildman–Crippen LogP) is 3.77. The third-order valence-electron chi connectivity index (χ3n) is 8.37. The summed E-state index contributed by atoms with van der Waals surface area (Å²) < 4.78 is 40.6. The maximum atomic E-state index is 14.9. The molecule has 0 spiro atoms. The lowest BCUT2D eigenvalue weighted by molar-refractivity contribution is -0.145. The maximum Gasteiger partial charge on any atom is 0.407 e. The number of rotatable bonds is 11. The summed E-state index contributed by atoms with van der Waals surface area (Å²) in [6, 6.07) is 6.60. The van der Waals surface area contributed by atoms with Gasteiger partial charge in [0.15, 0.2) is 23.0 Å². The molecule has 5 rings (SSSR count). The molecule has 3 heterocycles. The number of aromatic nitrogens is 3. The molecule has 1 saturated heterocycles. The summed E-state index contributed by atoms with van der Waals surface area (Å²) in [5.74, 6) is -4.20. The smallest absolute Gasteiger partial charge is 0.407 e. The highest BCUT2D eigenvalue weighted by Gasteiger charge is 2.31. The number of imidazole rings is 1. The number of likely N-dealkylation sites (tertiary alicyclic amines) is 1. The summed E-state index contributed by atoms with van der Waals surface area (Å²) in [5, 5.41) is 17.6. The van der Waals surface area contributed by atoms with Crippen LogP contribution in [0.4, 0.5) is 25.1 Å². The van der Waals surface area contributed by atoms with Crippen molar-refractivity contribution < 1.29 is 42.5 Å². The van der Waals surface area contributed by atoms with Gasteiger partial charge in [-0.3, -0.25) is 14.0 Å². The molecule has 49 heavy (non-hydrogen) atoms. The summed E-state index contributed by atoms with van der Waals surface area (Å²) in [7, 11) is 2.42. The molecule has 2 aromatic carbocycles. The van der Waals surface area contributed by atoms with Crippen LogP contribution in [0, 0.1) is 17.6 Å². The van der Waals surface area contributed by atoms with Crippen LogP contribution < -0.4 is 20.7 Å². The van der Waals surface area contributed by atoms with E-state index in [1.54, 1.807) is 28.8 Å². The van der Waals surface area contributed by atoms with Crippen molar-refractivity contribution in [2.75, 3.05) is 39.2 Å². The number of amides is 3. The molecule has 0 radical (unpaired) electrons. The number of carbonyl (C=O) groups is 4. The minimum atomic E-state index is -1.15. The second kappa shape index (κ2) is 15.0. The molecule has 1 unspecified atom stereocenters. The molecule has 258 valence electrons. The van der Waals surface area contributed by atoms with E-state index in [1.165, 1.54) is 43.6 Å². The number of carbonyl (C=O) groups excluding carboxylic acids is 3. The van der Waals surface area contributed by atoms with Crippen LogP contribution >= 0.6 is 0 Å². The highest BCUT2D eigenvalue weighted by Crippen LogP contribution is 2.32. The van der Waals surface area contributed by atoms with E-state index in [0.29, 0.717) is 53.2 Å². The molecule has 4 aromatic rings. The molecule has 0 saturated carbocycles. The Labute approximate surface area is 279 Å². The van der Waals surface area contributed by atoms with Crippen molar-refractivity contribution in [3.8, 4) is 17.0 Å². The lowest BCUT2D eigenvalue weighted by Gasteiger charge is -2.30. The molecule has 3 amide bonds. The van der Waals surface area contributed by atoms with E-state index < -0.39 is 47.5 Å². The highest BCUT2D eigenvalue weighted by molar-refractivity contribution is 5.97. The van der Waals surface area contributed by atoms with Crippen molar-refractivity contribution in [3.05, 3.63) is 71.7 Å². The fourth-order valence-corrected chi connectivity index (χ4v) is 5.66. The summed E-state index contributed by atoms with van der Waals surface area (Å²) >= 11 is 0. The van der Waals surface area contributed by atoms with E-state index >= 15 is 0 Å². The monoisotopic (exact) mass is 679 g/mol. The molecule has 0 aliphatic carbocycles. The van der Waals surface area contributed by atoms with Gasteiger partial charge in [0.05, 0.1) is 26.1 Å². The first kappa shape index (κ1) is 34.5. The number of aryl methyl sites for hydroxylation is 1. The number of carboxylic acid groups (broad SMARTS) is 1. The predicted molar refractivity (Wildman–Crippen MR) is 173 cm³/mol. The van der Waals surface area contributed by atoms with Gasteiger partial charge in [-0.1, -0.05) is 6.92 Å². The third-order valence-corrected chi connectivity index (χ3v) is 8.37. The minimum Gasteiger partial charge on any atom is -0.494 e. The summed E-state index contributed by atoms with van der Waals surface area (Å²) in [6.45, 7) is 2.04. The van der Waals surface area contributed by atoms with E-state index in [4.69, 9.17) is 14.6 Å². The van der Waals surface area contributed by atoms with Gasteiger partial charge in [-0.25, -0.2) is 23.9 Å². The van der Waals surface area contributed by atoms with Gasteiger partial charge in [0, 0.05) is 54.8 Å². The zero-order valence-electron chi connectivity index (χ0n) is 27.0. The van der Waals surface area contributed by atoms with Gasteiger partial charge in [0.25, 0.3) is 5.91 Å². The van der Waals surface area contributed by atoms with Crippen molar-refractivity contribution in [2.45, 2.75) is 32.2 Å². The van der Waals surface area contributed by atoms with E-state index in [-0.39, 0.29) is 30.9 Å². The van der Waals surface area contributed by atoms with Crippen LogP contribution in [0.15, 0.2) is 48.9 Å². The van der Waals surface area contributed by atoms with Gasteiger partial charge in [0.2, 0.25) is 11.7 Å². The Morgan fingerprint density at radius 3 is 2.49 bits per heavy atom. The summed E-state index contributed by atoms with van der Waals surface area (Å²) in [5.41, 5.74) is 2.21. The van der Waals surface area contributed by atoms with Crippen molar-refractivity contribution in [3.63, 3.8) is 0 Å². The van der Waals surface area contributed by atoms with E-state index in [0.717, 1.165) is 0 Å². The number of hydrogen-bond donors (Lipinski definition) is 4. The molecule has 4 N–H and O–H groups in total. The lowest BCUT2D eigenvalue weighted by atomic mass is 9.96. The first-order chi connectivity index (χ1) is 23.6. The minimum absolute atomic E-state index is 0.0124. The van der Waals surface area contributed by atoms with Crippen LogP contribution in [0.5, 0.6) is 5.75 Å². The number of piperidine rings is 1. The van der Waals surface area contributed by atoms with E-state index in [9.17, 15) is 28.0 Å². The zero-order valence-corrected chi connectivity index (χ0v) is 27.0. The van der Waals surface area contributed by atoms with Crippen molar-refractivity contribution in [1.29, 1.82) is 0 Å². The van der Waals surface area contributed by atoms with Crippen LogP contribution in [0.25, 0.3) is 16.9 Å². The van der Waals surface area contributed by atoms with Gasteiger partial charge >= 0.3 is 12.1 Å². The number of anilines is 2. The molecule has 0 bridgehead atoms. The topological polar surface area (TPSA) is 176 Å². The fourth-order valence-electron chi connectivity index (χ4n) is 5.66. The second-order valence-electron chi connectivity index (χ2n) is 11.2. The fraction of sp³-hybridized carbons (Fsp3) is 0.333. The molecule has 1 fully saturated rings. The summed E-state index contributed by atoms with van der Waals surface area (Å²) in [4.78, 5) is 59.7. The Morgan fingerprint density at radius 2 is 1.82 bits per heavy atom. The van der Waals surface area contributed by atoms with Crippen molar-refractivity contribution in [1.82, 2.24) is 29.9 Å². The molecular weight excluding hydrogens is 644 g/mol. The Morgan fingerprint density at radius 1 is 1.06 bits per heavy atom. The lowest BCUT2D eigenvalue weighted by Crippen LogP contribution is -2.52. The quantitative estimate of drug-likeness (QED) is 0.171. The molecule has 1 aliphatic heterocycles. The third kappa shape index (κ3) is 7.37. The number of ether oxygens (including phenoxy) is 2. The number of nitrogens with one attached hydrogen (secondary N) is 3. The van der Waals surface area contributed by atoms with Gasteiger partial charge in [0.1, 0.15) is 6.04 Å². The molecule has 1 aliphatic rings. The Kier molecular flexibility index (Phi) is 10.5. The Hall–Kier alpha value is -5.80. The van der Waals surface area contributed by atoms with Gasteiger partial charge in [-0.05, 0) is 55.2 Å². The van der Waals surface area contributed by atoms with Crippen LogP contribution in [0.3, 0.4) is 0 Å². The number of methoxy groups -OCH3 is 2. The average molecular weight is 680 g/mol. The Balaban J connectivity index is 1.28. The second-order valence-corrected chi connectivity index (χ2v) is 11.2. The zero-order chi connectivity index (χ0) is 35.2. The first-order valence-corrected chi connectivity index (χ1v) is 15.4. The standard InChI is InChI=1S/C33H35F2N7O7/c1-4-18-15-20(39-28-29-37-17-24(42(29)14-11-36-28)22-7-8-25(48-2)27(35)26(22)34)5-6-21(18)31(44)38-16-23(32(45)49-3)40-30(43)19-9-12-41(13-10-19)33(46)47/h5-8,11,14-15,17,19,23H,4,9-10,12-13,16H2,1-3H3,(H,36,39)(H,38,44)(H,40,43)(H,46,47). The average Bonchev–Trinajstić information content (AvgIpc) is 3.55. The van der Waals surface area contributed by atoms with Gasteiger partial charge in [-0.2, -0.15) is 4.39 Å². The number of halogens is 2. The molecule has 1 atom stereocenters. The number of hydrogen-bond acceptors (Lipinski definition) is 9. The van der Waals surface area contributed by atoms with Crippen LogP contribution in [-0.2, 0) is 20.7 Å². The highest BCUT2D eigenvalue weighted by atomic mass is 19.2. The van der Waals surface area contributed by atoms with E-state index in [2.05, 4.69) is 25.9 Å². The largest absolute Gasteiger partial charge is 0.494 e. The first-order valence-electron chi connectivity index (χ1n) is 15.4. The summed E-state index contributed by atoms with van der Waals surface area (Å²) in [6.07, 6.45) is 4.50. The normalized spacial score (nSPS) is 13.9. The molecule has 2 aromatic heterocycles. The van der Waals surface area contributed by atoms with Crippen molar-refractivity contribution in [2.24, 2.45) is 5.92 Å². The maximum absolute atomic E-state index is 14.9. The number of fused-ring (bicyclic) bond motifs is 1. The van der Waals surface area contributed by atoms with Gasteiger partial charge in [-0.15, -0.1) is 0 Å². The van der Waals surface area contributed by atoms with Crippen LogP contribution in [0.1, 0.15) is 35.7 Å². The molecule has 14 nitrogen and oxygen atoms in total. The molecule has 16 heteroatoms. The SMILES string of the molecule is CCc1cc(Nc2nccn3c(-c4ccc(OC)c(F)c4F)cnc23)ccc1C(=O)NCC(NC(=O)C1CCN(C(=O)O)CC1)C(=O)OC. The van der Waals surface area contributed by atoms with Crippen LogP contribution in [0.2, 0.25) is 0 Å². The van der Waals surface area contributed by atoms with E-state index in [1.807, 2.05) is 6.92 Å². The molecular formula is C33H35F2N7O7. The number of nitrogens with zero attached hydrogens (tertiary/aromatic N) is 4. The Bertz CT molecular complexity index is 1890. The van der Waals surface area contributed by atoms with Crippen LogP contribution in [-0.4, -0.2) is 88.1 Å².